The molecule has 0 bridgehead atoms. The van der Waals surface area contributed by atoms with E-state index in [1.165, 1.54) is 7.11 Å². The van der Waals surface area contributed by atoms with Crippen LogP contribution in [0.3, 0.4) is 0 Å². The van der Waals surface area contributed by atoms with Gasteiger partial charge in [0.25, 0.3) is 5.91 Å². The van der Waals surface area contributed by atoms with Gasteiger partial charge in [0, 0.05) is 0 Å². The Labute approximate surface area is 139 Å². The molecule has 2 aromatic rings. The molecule has 0 unspecified atom stereocenters. The van der Waals surface area contributed by atoms with Gasteiger partial charge in [-0.1, -0.05) is 42.5 Å². The first-order valence-corrected chi connectivity index (χ1v) is 7.50. The zero-order valence-electron chi connectivity index (χ0n) is 13.2. The van der Waals surface area contributed by atoms with Crippen LogP contribution in [0.2, 0.25) is 0 Å². The van der Waals surface area contributed by atoms with Gasteiger partial charge in [-0.15, -0.1) is 0 Å². The topological polar surface area (TPSA) is 65.1 Å². The summed E-state index contributed by atoms with van der Waals surface area (Å²) in [7, 11) is 1.52. The number of carbonyl (C=O) groups is 2. The van der Waals surface area contributed by atoms with Crippen molar-refractivity contribution in [2.45, 2.75) is 6.04 Å². The van der Waals surface area contributed by atoms with Crippen LogP contribution in [0.1, 0.15) is 11.6 Å². The van der Waals surface area contributed by atoms with Crippen molar-refractivity contribution in [1.82, 2.24) is 4.90 Å². The maximum atomic E-state index is 12.5. The van der Waals surface area contributed by atoms with Crippen LogP contribution in [-0.2, 0) is 9.53 Å². The number of amides is 2. The van der Waals surface area contributed by atoms with Crippen molar-refractivity contribution in [2.75, 3.05) is 20.3 Å². The number of hydrogen-bond acceptors (Lipinski definition) is 5. The number of nitrogens with zero attached hydrogens (tertiary/aromatic N) is 1. The van der Waals surface area contributed by atoms with E-state index in [9.17, 15) is 9.59 Å². The van der Waals surface area contributed by atoms with Crippen LogP contribution >= 0.6 is 0 Å². The van der Waals surface area contributed by atoms with Crippen LogP contribution in [0.15, 0.2) is 54.6 Å². The first kappa shape index (κ1) is 15.9. The largest absolute Gasteiger partial charge is 0.493 e. The summed E-state index contributed by atoms with van der Waals surface area (Å²) in [5, 5.41) is 0. The van der Waals surface area contributed by atoms with E-state index in [0.717, 1.165) is 10.5 Å². The number of rotatable bonds is 5. The van der Waals surface area contributed by atoms with Crippen LogP contribution < -0.4 is 9.47 Å². The van der Waals surface area contributed by atoms with E-state index in [-0.39, 0.29) is 13.2 Å². The van der Waals surface area contributed by atoms with Gasteiger partial charge in [0.2, 0.25) is 0 Å². The number of para-hydroxylation sites is 2. The molecule has 3 rings (SSSR count). The molecule has 0 aromatic heterocycles. The van der Waals surface area contributed by atoms with Crippen LogP contribution in [0.4, 0.5) is 4.79 Å². The Morgan fingerprint density at radius 1 is 1.12 bits per heavy atom. The molecule has 2 aromatic carbocycles. The van der Waals surface area contributed by atoms with Crippen molar-refractivity contribution < 1.29 is 23.8 Å². The second-order valence-corrected chi connectivity index (χ2v) is 5.21. The van der Waals surface area contributed by atoms with Crippen LogP contribution in [0.5, 0.6) is 11.5 Å². The Kier molecular flexibility index (Phi) is 4.65. The van der Waals surface area contributed by atoms with Crippen LogP contribution in [0.25, 0.3) is 0 Å². The quantitative estimate of drug-likeness (QED) is 0.845. The molecule has 6 nitrogen and oxygen atoms in total. The highest BCUT2D eigenvalue weighted by atomic mass is 16.6. The molecular formula is C18H17NO5. The number of methoxy groups -OCH3 is 1. The molecule has 1 fully saturated rings. The first-order valence-electron chi connectivity index (χ1n) is 7.50. The molecule has 0 aliphatic carbocycles. The van der Waals surface area contributed by atoms with Gasteiger partial charge in [-0.05, 0) is 17.7 Å². The fourth-order valence-corrected chi connectivity index (χ4v) is 2.56. The molecular weight excluding hydrogens is 310 g/mol. The number of ether oxygens (including phenoxy) is 3. The van der Waals surface area contributed by atoms with E-state index in [2.05, 4.69) is 0 Å². The molecule has 2 amide bonds. The Bertz CT molecular complexity index is 731. The molecule has 1 aliphatic heterocycles. The van der Waals surface area contributed by atoms with Crippen LogP contribution in [0, 0.1) is 0 Å². The minimum Gasteiger partial charge on any atom is -0.493 e. The van der Waals surface area contributed by atoms with Crippen LogP contribution in [-0.4, -0.2) is 37.2 Å². The molecule has 1 heterocycles. The third-order valence-corrected chi connectivity index (χ3v) is 3.75. The molecule has 0 N–H and O–H groups in total. The third kappa shape index (κ3) is 3.17. The van der Waals surface area contributed by atoms with Gasteiger partial charge in [-0.2, -0.15) is 0 Å². The zero-order valence-corrected chi connectivity index (χ0v) is 13.2. The zero-order chi connectivity index (χ0) is 16.9. The van der Waals surface area contributed by atoms with E-state index in [1.54, 1.807) is 24.3 Å². The lowest BCUT2D eigenvalue weighted by molar-refractivity contribution is -0.131. The maximum Gasteiger partial charge on any atom is 0.417 e. The lowest BCUT2D eigenvalue weighted by atomic mass is 10.1. The SMILES string of the molecule is COc1ccccc1OCC(=O)N1C(=O)OC[C@@H]1c1ccccc1. The maximum absolute atomic E-state index is 12.5. The lowest BCUT2D eigenvalue weighted by Gasteiger charge is -2.20. The molecule has 0 saturated carbocycles. The van der Waals surface area contributed by atoms with Crippen molar-refractivity contribution in [3.8, 4) is 11.5 Å². The summed E-state index contributed by atoms with van der Waals surface area (Å²) in [6.07, 6.45) is -0.655. The average Bonchev–Trinajstić information content (AvgIpc) is 3.02. The molecule has 0 spiro atoms. The van der Waals surface area contributed by atoms with Gasteiger partial charge >= 0.3 is 6.09 Å². The fraction of sp³-hybridized carbons (Fsp3) is 0.222. The minimum atomic E-state index is -0.655. The molecule has 124 valence electrons. The summed E-state index contributed by atoms with van der Waals surface area (Å²) >= 11 is 0. The number of cyclic esters (lactones) is 1. The van der Waals surface area contributed by atoms with Crippen molar-refractivity contribution in [3.63, 3.8) is 0 Å². The summed E-state index contributed by atoms with van der Waals surface area (Å²) in [6, 6.07) is 15.9. The van der Waals surface area contributed by atoms with E-state index in [1.807, 2.05) is 30.3 Å². The fourth-order valence-electron chi connectivity index (χ4n) is 2.56. The second-order valence-electron chi connectivity index (χ2n) is 5.21. The van der Waals surface area contributed by atoms with Crippen molar-refractivity contribution >= 4 is 12.0 Å². The van der Waals surface area contributed by atoms with Gasteiger partial charge < -0.3 is 14.2 Å². The second kappa shape index (κ2) is 7.04. The van der Waals surface area contributed by atoms with Gasteiger partial charge in [0.05, 0.1) is 7.11 Å². The van der Waals surface area contributed by atoms with E-state index in [0.29, 0.717) is 11.5 Å². The van der Waals surface area contributed by atoms with Crippen molar-refractivity contribution in [1.29, 1.82) is 0 Å². The van der Waals surface area contributed by atoms with Gasteiger partial charge in [0.1, 0.15) is 12.6 Å². The Morgan fingerprint density at radius 2 is 1.79 bits per heavy atom. The Morgan fingerprint density at radius 3 is 2.50 bits per heavy atom. The molecule has 6 heteroatoms. The average molecular weight is 327 g/mol. The van der Waals surface area contributed by atoms with Crippen molar-refractivity contribution in [2.24, 2.45) is 0 Å². The predicted molar refractivity (Wildman–Crippen MR) is 85.9 cm³/mol. The highest BCUT2D eigenvalue weighted by Gasteiger charge is 2.38. The summed E-state index contributed by atoms with van der Waals surface area (Å²) in [5.41, 5.74) is 0.842. The first-order chi connectivity index (χ1) is 11.7. The van der Waals surface area contributed by atoms with E-state index < -0.39 is 18.0 Å². The Hall–Kier alpha value is -3.02. The summed E-state index contributed by atoms with van der Waals surface area (Å²) in [4.78, 5) is 25.5. The number of carbonyl (C=O) groups excluding carboxylic acids is 2. The normalized spacial score (nSPS) is 16.6. The molecule has 1 aliphatic rings. The number of imide groups is 1. The highest BCUT2D eigenvalue weighted by molar-refractivity contribution is 5.94. The minimum absolute atomic E-state index is 0.142. The van der Waals surface area contributed by atoms with Gasteiger partial charge in [-0.25, -0.2) is 9.69 Å². The predicted octanol–water partition coefficient (Wildman–Crippen LogP) is 2.79. The lowest BCUT2D eigenvalue weighted by Crippen LogP contribution is -2.37. The summed E-state index contributed by atoms with van der Waals surface area (Å²) < 4.78 is 15.7. The van der Waals surface area contributed by atoms with Gasteiger partial charge in [0.15, 0.2) is 18.1 Å². The van der Waals surface area contributed by atoms with Crippen molar-refractivity contribution in [3.05, 3.63) is 60.2 Å². The number of hydrogen-bond donors (Lipinski definition) is 0. The number of benzene rings is 2. The van der Waals surface area contributed by atoms with E-state index in [4.69, 9.17) is 14.2 Å². The molecule has 1 atom stereocenters. The summed E-state index contributed by atoms with van der Waals surface area (Å²) in [6.45, 7) is -0.137. The molecule has 24 heavy (non-hydrogen) atoms. The van der Waals surface area contributed by atoms with Gasteiger partial charge in [-0.3, -0.25) is 4.79 Å². The molecule has 0 radical (unpaired) electrons. The molecule has 1 saturated heterocycles. The smallest absolute Gasteiger partial charge is 0.417 e. The third-order valence-electron chi connectivity index (χ3n) is 3.75. The van der Waals surface area contributed by atoms with E-state index >= 15 is 0 Å². The summed E-state index contributed by atoms with van der Waals surface area (Å²) in [5.74, 6) is 0.503. The highest BCUT2D eigenvalue weighted by Crippen LogP contribution is 2.29. The standard InChI is InChI=1S/C18H17NO5/c1-22-15-9-5-6-10-16(15)23-12-17(20)19-14(11-24-18(19)21)13-7-3-2-4-8-13/h2-10,14H,11-12H2,1H3/t14-/m1/s1. The Balaban J connectivity index is 1.72. The monoisotopic (exact) mass is 327 g/mol.